The highest BCUT2D eigenvalue weighted by atomic mass is 35.5. The van der Waals surface area contributed by atoms with Crippen LogP contribution in [0.15, 0.2) is 18.2 Å². The predicted octanol–water partition coefficient (Wildman–Crippen LogP) is 4.46. The first-order valence-corrected chi connectivity index (χ1v) is 8.01. The predicted molar refractivity (Wildman–Crippen MR) is 88.7 cm³/mol. The molecule has 1 aliphatic heterocycles. The Balaban J connectivity index is 2.18. The van der Waals surface area contributed by atoms with E-state index in [0.29, 0.717) is 0 Å². The average Bonchev–Trinajstić information content (AvgIpc) is 2.35. The minimum Gasteiger partial charge on any atom is -0.371 e. The van der Waals surface area contributed by atoms with E-state index in [2.05, 4.69) is 50.0 Å². The molecule has 112 valence electrons. The molecule has 1 unspecified atom stereocenters. The van der Waals surface area contributed by atoms with Crippen molar-refractivity contribution >= 4 is 17.3 Å². The summed E-state index contributed by atoms with van der Waals surface area (Å²) in [4.78, 5) is 2.52. The van der Waals surface area contributed by atoms with E-state index in [4.69, 9.17) is 11.6 Å². The lowest BCUT2D eigenvalue weighted by atomic mass is 9.98. The van der Waals surface area contributed by atoms with Crippen LogP contribution < -0.4 is 10.2 Å². The van der Waals surface area contributed by atoms with Crippen LogP contribution >= 0.6 is 11.6 Å². The fraction of sp³-hybridized carbons (Fsp3) is 0.647. The van der Waals surface area contributed by atoms with Crippen LogP contribution in [0.25, 0.3) is 0 Å². The van der Waals surface area contributed by atoms with Crippen molar-refractivity contribution in [3.63, 3.8) is 0 Å². The molecule has 1 aromatic carbocycles. The van der Waals surface area contributed by atoms with Crippen molar-refractivity contribution in [2.24, 2.45) is 5.92 Å². The lowest BCUT2D eigenvalue weighted by Crippen LogP contribution is -2.37. The van der Waals surface area contributed by atoms with E-state index >= 15 is 0 Å². The lowest BCUT2D eigenvalue weighted by Gasteiger charge is -2.34. The highest BCUT2D eigenvalue weighted by Crippen LogP contribution is 2.28. The summed E-state index contributed by atoms with van der Waals surface area (Å²) in [7, 11) is 0. The Morgan fingerprint density at radius 2 is 2.10 bits per heavy atom. The molecule has 3 heteroatoms. The molecule has 0 aromatic heterocycles. The first-order valence-electron chi connectivity index (χ1n) is 7.63. The number of hydrogen-bond acceptors (Lipinski definition) is 2. The summed E-state index contributed by atoms with van der Waals surface area (Å²) < 4.78 is 0. The first kappa shape index (κ1) is 15.7. The summed E-state index contributed by atoms with van der Waals surface area (Å²) in [6.45, 7) is 12.1. The van der Waals surface area contributed by atoms with E-state index < -0.39 is 0 Å². The van der Waals surface area contributed by atoms with Gasteiger partial charge in [0.1, 0.15) is 0 Å². The molecule has 1 aromatic rings. The van der Waals surface area contributed by atoms with Gasteiger partial charge >= 0.3 is 0 Å². The minimum atomic E-state index is 0.120. The van der Waals surface area contributed by atoms with Crippen molar-refractivity contribution in [2.75, 3.05) is 18.0 Å². The van der Waals surface area contributed by atoms with Gasteiger partial charge in [-0.25, -0.2) is 0 Å². The molecule has 0 bridgehead atoms. The molecule has 0 radical (unpaired) electrons. The second-order valence-corrected chi connectivity index (χ2v) is 7.51. The van der Waals surface area contributed by atoms with Crippen LogP contribution in [-0.2, 0) is 6.54 Å². The maximum absolute atomic E-state index is 6.19. The molecule has 0 saturated carbocycles. The molecule has 20 heavy (non-hydrogen) atoms. The highest BCUT2D eigenvalue weighted by Gasteiger charge is 2.19. The van der Waals surface area contributed by atoms with Crippen molar-refractivity contribution < 1.29 is 0 Å². The minimum absolute atomic E-state index is 0.120. The number of hydrogen-bond donors (Lipinski definition) is 1. The quantitative estimate of drug-likeness (QED) is 0.885. The fourth-order valence-corrected chi connectivity index (χ4v) is 2.97. The summed E-state index contributed by atoms with van der Waals surface area (Å²) in [5.74, 6) is 0.780. The molecular weight excluding hydrogens is 268 g/mol. The Morgan fingerprint density at radius 1 is 1.35 bits per heavy atom. The number of rotatable bonds is 3. The third-order valence-electron chi connectivity index (χ3n) is 3.85. The van der Waals surface area contributed by atoms with Crippen LogP contribution in [-0.4, -0.2) is 18.6 Å². The first-order chi connectivity index (χ1) is 9.35. The van der Waals surface area contributed by atoms with Gasteiger partial charge in [0.05, 0.1) is 0 Å². The number of anilines is 1. The summed E-state index contributed by atoms with van der Waals surface area (Å²) in [5, 5.41) is 4.39. The molecule has 2 rings (SSSR count). The van der Waals surface area contributed by atoms with Crippen LogP contribution in [0.3, 0.4) is 0 Å². The number of halogens is 1. The third kappa shape index (κ3) is 4.39. The van der Waals surface area contributed by atoms with Crippen LogP contribution in [0.2, 0.25) is 5.02 Å². The molecule has 1 aliphatic rings. The number of benzene rings is 1. The second-order valence-electron chi connectivity index (χ2n) is 7.07. The highest BCUT2D eigenvalue weighted by molar-refractivity contribution is 6.30. The molecule has 1 N–H and O–H groups in total. The van der Waals surface area contributed by atoms with Gasteiger partial charge in [-0.1, -0.05) is 18.5 Å². The van der Waals surface area contributed by atoms with Crippen LogP contribution in [0.5, 0.6) is 0 Å². The Morgan fingerprint density at radius 3 is 2.75 bits per heavy atom. The smallest absolute Gasteiger partial charge is 0.0412 e. The molecule has 1 fully saturated rings. The van der Waals surface area contributed by atoms with Crippen molar-refractivity contribution in [1.82, 2.24) is 5.32 Å². The Hall–Kier alpha value is -0.730. The molecule has 1 atom stereocenters. The van der Waals surface area contributed by atoms with Crippen LogP contribution in [0, 0.1) is 5.92 Å². The molecule has 1 heterocycles. The van der Waals surface area contributed by atoms with Gasteiger partial charge in [-0.2, -0.15) is 0 Å². The van der Waals surface area contributed by atoms with E-state index in [1.165, 1.54) is 24.1 Å². The molecule has 0 aliphatic carbocycles. The summed E-state index contributed by atoms with van der Waals surface area (Å²) in [6, 6.07) is 6.30. The topological polar surface area (TPSA) is 15.3 Å². The maximum atomic E-state index is 6.19. The van der Waals surface area contributed by atoms with Crippen LogP contribution in [0.4, 0.5) is 5.69 Å². The van der Waals surface area contributed by atoms with Gasteiger partial charge in [0.2, 0.25) is 0 Å². The standard InChI is InChI=1S/C17H27ClN2/c1-13-6-5-9-20(12-13)16-8-7-15(18)10-14(16)11-19-17(2,3)4/h7-8,10,13,19H,5-6,9,11-12H2,1-4H3. The zero-order valence-corrected chi connectivity index (χ0v) is 13.9. The summed E-state index contributed by atoms with van der Waals surface area (Å²) >= 11 is 6.19. The lowest BCUT2D eigenvalue weighted by molar-refractivity contribution is 0.421. The van der Waals surface area contributed by atoms with E-state index in [1.807, 2.05) is 6.07 Å². The van der Waals surface area contributed by atoms with Gasteiger partial charge in [-0.3, -0.25) is 0 Å². The Kier molecular flexibility index (Phi) is 4.98. The van der Waals surface area contributed by atoms with Crippen molar-refractivity contribution in [1.29, 1.82) is 0 Å². The maximum Gasteiger partial charge on any atom is 0.0412 e. The zero-order chi connectivity index (χ0) is 14.8. The van der Waals surface area contributed by atoms with Gasteiger partial charge in [-0.05, 0) is 63.3 Å². The van der Waals surface area contributed by atoms with Gasteiger partial charge in [0.15, 0.2) is 0 Å². The van der Waals surface area contributed by atoms with E-state index in [-0.39, 0.29) is 5.54 Å². The number of piperidine rings is 1. The van der Waals surface area contributed by atoms with Crippen molar-refractivity contribution in [3.8, 4) is 0 Å². The molecule has 2 nitrogen and oxygen atoms in total. The SMILES string of the molecule is CC1CCCN(c2ccc(Cl)cc2CNC(C)(C)C)C1. The van der Waals surface area contributed by atoms with Gasteiger partial charge in [0, 0.05) is 35.9 Å². The fourth-order valence-electron chi connectivity index (χ4n) is 2.77. The van der Waals surface area contributed by atoms with Gasteiger partial charge < -0.3 is 10.2 Å². The number of nitrogens with one attached hydrogen (secondary N) is 1. The van der Waals surface area contributed by atoms with Crippen molar-refractivity contribution in [2.45, 2.75) is 52.6 Å². The van der Waals surface area contributed by atoms with E-state index in [0.717, 1.165) is 30.6 Å². The number of nitrogens with zero attached hydrogens (tertiary/aromatic N) is 1. The van der Waals surface area contributed by atoms with Crippen molar-refractivity contribution in [3.05, 3.63) is 28.8 Å². The van der Waals surface area contributed by atoms with Gasteiger partial charge in [-0.15, -0.1) is 0 Å². The van der Waals surface area contributed by atoms with Crippen LogP contribution in [0.1, 0.15) is 46.1 Å². The molecule has 0 spiro atoms. The monoisotopic (exact) mass is 294 g/mol. The van der Waals surface area contributed by atoms with Gasteiger partial charge in [0.25, 0.3) is 0 Å². The zero-order valence-electron chi connectivity index (χ0n) is 13.2. The van der Waals surface area contributed by atoms with E-state index in [9.17, 15) is 0 Å². The summed E-state index contributed by atoms with van der Waals surface area (Å²) in [5.41, 5.74) is 2.77. The largest absolute Gasteiger partial charge is 0.371 e. The molecular formula is C17H27ClN2. The Bertz CT molecular complexity index is 451. The average molecular weight is 295 g/mol. The van der Waals surface area contributed by atoms with E-state index in [1.54, 1.807) is 0 Å². The summed E-state index contributed by atoms with van der Waals surface area (Å²) in [6.07, 6.45) is 2.63. The molecule has 0 amide bonds. The normalized spacial score (nSPS) is 20.2. The Labute approximate surface area is 128 Å². The molecule has 1 saturated heterocycles. The third-order valence-corrected chi connectivity index (χ3v) is 4.08. The second kappa shape index (κ2) is 6.36.